The van der Waals surface area contributed by atoms with Gasteiger partial charge in [0.05, 0.1) is 12.6 Å². The molecule has 0 aromatic carbocycles. The molecule has 11 heavy (non-hydrogen) atoms. The van der Waals surface area contributed by atoms with Gasteiger partial charge in [0.2, 0.25) is 0 Å². The van der Waals surface area contributed by atoms with Gasteiger partial charge in [0.15, 0.2) is 5.78 Å². The number of hydrazine groups is 1. The van der Waals surface area contributed by atoms with Crippen LogP contribution in [0.4, 0.5) is 0 Å². The predicted molar refractivity (Wildman–Crippen MR) is 42.8 cm³/mol. The van der Waals surface area contributed by atoms with E-state index in [2.05, 4.69) is 24.2 Å². The van der Waals surface area contributed by atoms with Gasteiger partial charge in [-0.15, -0.1) is 0 Å². The third kappa shape index (κ3) is 1.77. The van der Waals surface area contributed by atoms with E-state index in [0.29, 0.717) is 12.6 Å². The fraction of sp³-hybridized carbons (Fsp3) is 0.857. The lowest BCUT2D eigenvalue weighted by atomic mass is 10.3. The maximum atomic E-state index is 11.1. The summed E-state index contributed by atoms with van der Waals surface area (Å²) in [6.45, 7) is 5.43. The maximum Gasteiger partial charge on any atom is 0.166 e. The molecule has 0 bridgehead atoms. The second-order valence-corrected chi connectivity index (χ2v) is 3.21. The van der Waals surface area contributed by atoms with E-state index in [4.69, 9.17) is 5.84 Å². The van der Waals surface area contributed by atoms with E-state index in [1.807, 2.05) is 0 Å². The molecule has 1 aliphatic rings. The molecule has 0 aromatic heterocycles. The highest BCUT2D eigenvalue weighted by Gasteiger charge is 2.30. The zero-order chi connectivity index (χ0) is 8.43. The minimum absolute atomic E-state index is 0.155. The van der Waals surface area contributed by atoms with E-state index in [0.717, 1.165) is 6.54 Å². The van der Waals surface area contributed by atoms with E-state index in [1.54, 1.807) is 0 Å². The number of hydrogen-bond donors (Lipinski definition) is 2. The second kappa shape index (κ2) is 3.30. The van der Waals surface area contributed by atoms with Crippen LogP contribution in [0.1, 0.15) is 13.8 Å². The molecule has 1 heterocycles. The highest BCUT2D eigenvalue weighted by molar-refractivity contribution is 5.88. The van der Waals surface area contributed by atoms with Crippen LogP contribution in [0.2, 0.25) is 0 Å². The molecule has 0 aromatic rings. The molecule has 1 atom stereocenters. The van der Waals surface area contributed by atoms with Crippen molar-refractivity contribution in [3.63, 3.8) is 0 Å². The molecule has 0 spiro atoms. The van der Waals surface area contributed by atoms with Gasteiger partial charge in [0, 0.05) is 12.6 Å². The van der Waals surface area contributed by atoms with Crippen molar-refractivity contribution in [2.75, 3.05) is 13.1 Å². The summed E-state index contributed by atoms with van der Waals surface area (Å²) >= 11 is 0. The standard InChI is InChI=1S/C7H15N3O/c1-5(2)10-3-6(9-8)7(11)4-10/h5-6,9H,3-4,8H2,1-2H3. The lowest BCUT2D eigenvalue weighted by molar-refractivity contribution is -0.118. The Labute approximate surface area is 66.7 Å². The molecular formula is C7H15N3O. The lowest BCUT2D eigenvalue weighted by Crippen LogP contribution is -2.41. The van der Waals surface area contributed by atoms with Crippen LogP contribution in [0.5, 0.6) is 0 Å². The summed E-state index contributed by atoms with van der Waals surface area (Å²) < 4.78 is 0. The molecule has 1 aliphatic heterocycles. The van der Waals surface area contributed by atoms with Crippen LogP contribution >= 0.6 is 0 Å². The van der Waals surface area contributed by atoms with Gasteiger partial charge < -0.3 is 0 Å². The van der Waals surface area contributed by atoms with E-state index < -0.39 is 0 Å². The van der Waals surface area contributed by atoms with Gasteiger partial charge >= 0.3 is 0 Å². The van der Waals surface area contributed by atoms with Crippen molar-refractivity contribution in [3.8, 4) is 0 Å². The van der Waals surface area contributed by atoms with Crippen LogP contribution < -0.4 is 11.3 Å². The van der Waals surface area contributed by atoms with Gasteiger partial charge in [0.25, 0.3) is 0 Å². The van der Waals surface area contributed by atoms with Crippen LogP contribution in [0.15, 0.2) is 0 Å². The summed E-state index contributed by atoms with van der Waals surface area (Å²) in [5.41, 5.74) is 2.51. The molecule has 0 radical (unpaired) electrons. The Morgan fingerprint density at radius 2 is 2.36 bits per heavy atom. The Hall–Kier alpha value is -0.450. The van der Waals surface area contributed by atoms with Crippen LogP contribution in [0.3, 0.4) is 0 Å². The van der Waals surface area contributed by atoms with Gasteiger partial charge in [-0.25, -0.2) is 5.43 Å². The first-order chi connectivity index (χ1) is 5.15. The van der Waals surface area contributed by atoms with Gasteiger partial charge in [-0.2, -0.15) is 0 Å². The molecule has 1 unspecified atom stereocenters. The molecular weight excluding hydrogens is 142 g/mol. The summed E-state index contributed by atoms with van der Waals surface area (Å²) in [5.74, 6) is 5.38. The number of ketones is 1. The SMILES string of the molecule is CC(C)N1CC(=O)C(NN)C1. The van der Waals surface area contributed by atoms with Crippen LogP contribution in [0, 0.1) is 0 Å². The van der Waals surface area contributed by atoms with Crippen molar-refractivity contribution in [1.29, 1.82) is 0 Å². The van der Waals surface area contributed by atoms with E-state index in [-0.39, 0.29) is 11.8 Å². The van der Waals surface area contributed by atoms with Crippen molar-refractivity contribution in [1.82, 2.24) is 10.3 Å². The van der Waals surface area contributed by atoms with Crippen molar-refractivity contribution in [3.05, 3.63) is 0 Å². The van der Waals surface area contributed by atoms with E-state index in [9.17, 15) is 4.79 Å². The summed E-state index contributed by atoms with van der Waals surface area (Å²) in [4.78, 5) is 13.2. The van der Waals surface area contributed by atoms with Gasteiger partial charge in [-0.3, -0.25) is 15.5 Å². The minimum Gasteiger partial charge on any atom is -0.296 e. The zero-order valence-electron chi connectivity index (χ0n) is 7.00. The largest absolute Gasteiger partial charge is 0.296 e. The maximum absolute atomic E-state index is 11.1. The molecule has 3 N–H and O–H groups in total. The minimum atomic E-state index is -0.155. The number of nitrogens with one attached hydrogen (secondary N) is 1. The molecule has 4 heteroatoms. The molecule has 1 rings (SSSR count). The first-order valence-corrected chi connectivity index (χ1v) is 3.88. The molecule has 64 valence electrons. The monoisotopic (exact) mass is 157 g/mol. The summed E-state index contributed by atoms with van der Waals surface area (Å²) in [6, 6.07) is 0.273. The second-order valence-electron chi connectivity index (χ2n) is 3.21. The number of hydrogen-bond acceptors (Lipinski definition) is 4. The number of nitrogens with zero attached hydrogens (tertiary/aromatic N) is 1. The first-order valence-electron chi connectivity index (χ1n) is 3.88. The molecule has 0 aliphatic carbocycles. The van der Waals surface area contributed by atoms with Gasteiger partial charge in [0.1, 0.15) is 0 Å². The Morgan fingerprint density at radius 1 is 1.73 bits per heavy atom. The van der Waals surface area contributed by atoms with Gasteiger partial charge in [-0.1, -0.05) is 0 Å². The Balaban J connectivity index is 2.49. The first kappa shape index (κ1) is 8.64. The van der Waals surface area contributed by atoms with E-state index in [1.165, 1.54) is 0 Å². The highest BCUT2D eigenvalue weighted by atomic mass is 16.1. The number of Topliss-reactive ketones (excluding diaryl/α,β-unsaturated/α-hetero) is 1. The third-order valence-electron chi connectivity index (χ3n) is 2.10. The number of carbonyl (C=O) groups excluding carboxylic acids is 1. The predicted octanol–water partition coefficient (Wildman–Crippen LogP) is -0.889. The zero-order valence-corrected chi connectivity index (χ0v) is 7.00. The van der Waals surface area contributed by atoms with Crippen LogP contribution in [-0.2, 0) is 4.79 Å². The van der Waals surface area contributed by atoms with Crippen LogP contribution in [0.25, 0.3) is 0 Å². The quantitative estimate of drug-likeness (QED) is 0.403. The molecule has 0 amide bonds. The number of carbonyl (C=O) groups is 1. The average Bonchev–Trinajstić information content (AvgIpc) is 2.31. The topological polar surface area (TPSA) is 58.4 Å². The van der Waals surface area contributed by atoms with Crippen molar-refractivity contribution >= 4 is 5.78 Å². The Kier molecular flexibility index (Phi) is 2.59. The average molecular weight is 157 g/mol. The lowest BCUT2D eigenvalue weighted by Gasteiger charge is -2.18. The molecule has 4 nitrogen and oxygen atoms in total. The van der Waals surface area contributed by atoms with Crippen LogP contribution in [-0.4, -0.2) is 35.9 Å². The van der Waals surface area contributed by atoms with Crippen molar-refractivity contribution in [2.45, 2.75) is 25.9 Å². The normalized spacial score (nSPS) is 26.9. The Bertz CT molecular complexity index is 158. The molecule has 1 fully saturated rings. The fourth-order valence-electron chi connectivity index (χ4n) is 1.25. The fourth-order valence-corrected chi connectivity index (χ4v) is 1.25. The Morgan fingerprint density at radius 3 is 2.64 bits per heavy atom. The number of nitrogens with two attached hydrogens (primary N) is 1. The smallest absolute Gasteiger partial charge is 0.166 e. The number of rotatable bonds is 2. The summed E-state index contributed by atoms with van der Waals surface area (Å²) in [5, 5.41) is 0. The van der Waals surface area contributed by atoms with Gasteiger partial charge in [-0.05, 0) is 13.8 Å². The van der Waals surface area contributed by atoms with E-state index >= 15 is 0 Å². The summed E-state index contributed by atoms with van der Waals surface area (Å²) in [6.07, 6.45) is 0. The molecule has 0 saturated carbocycles. The number of likely N-dealkylation sites (tertiary alicyclic amines) is 1. The van der Waals surface area contributed by atoms with Crippen molar-refractivity contribution in [2.24, 2.45) is 5.84 Å². The summed E-state index contributed by atoms with van der Waals surface area (Å²) in [7, 11) is 0. The third-order valence-corrected chi connectivity index (χ3v) is 2.10. The van der Waals surface area contributed by atoms with Crippen molar-refractivity contribution < 1.29 is 4.79 Å². The molecule has 1 saturated heterocycles. The highest BCUT2D eigenvalue weighted by Crippen LogP contribution is 2.08.